The van der Waals surface area contributed by atoms with Gasteiger partial charge in [0.2, 0.25) is 0 Å². The Labute approximate surface area is 127 Å². The van der Waals surface area contributed by atoms with Crippen molar-refractivity contribution in [3.63, 3.8) is 0 Å². The zero-order valence-electron chi connectivity index (χ0n) is 12.4. The van der Waals surface area contributed by atoms with Crippen molar-refractivity contribution in [2.45, 2.75) is 33.0 Å². The molecule has 7 heteroatoms. The highest BCUT2D eigenvalue weighted by molar-refractivity contribution is 5.66. The molecule has 0 radical (unpaired) electrons. The lowest BCUT2D eigenvalue weighted by atomic mass is 10.1. The molecule has 0 fully saturated rings. The molecule has 3 rings (SSSR count). The standard InChI is InChI=1S/C15H18N4O3/c1-10-16-13-4-6-18(8-12(13)15(22)17-10)7-11-3-2-5-19(11)9-14(20)21/h2-3,5H,4,6-9H2,1H3,(H,20,21)(H,16,17,22). The van der Waals surface area contributed by atoms with Crippen molar-refractivity contribution in [1.82, 2.24) is 19.4 Å². The number of fused-ring (bicyclic) bond motifs is 1. The Morgan fingerprint density at radius 2 is 2.32 bits per heavy atom. The number of carbonyl (C=O) groups is 1. The number of aliphatic carboxylic acids is 1. The van der Waals surface area contributed by atoms with E-state index in [0.717, 1.165) is 24.4 Å². The molecule has 2 N–H and O–H groups in total. The van der Waals surface area contributed by atoms with Crippen molar-refractivity contribution in [1.29, 1.82) is 0 Å². The number of nitrogens with one attached hydrogen (secondary N) is 1. The molecule has 0 saturated carbocycles. The van der Waals surface area contributed by atoms with Crippen LogP contribution in [-0.2, 0) is 30.8 Å². The van der Waals surface area contributed by atoms with Crippen molar-refractivity contribution in [2.24, 2.45) is 0 Å². The molecule has 0 spiro atoms. The number of hydrogen-bond acceptors (Lipinski definition) is 4. The number of aromatic amines is 1. The summed E-state index contributed by atoms with van der Waals surface area (Å²) in [6, 6.07) is 3.75. The smallest absolute Gasteiger partial charge is 0.323 e. The van der Waals surface area contributed by atoms with E-state index in [0.29, 0.717) is 24.5 Å². The molecule has 116 valence electrons. The SMILES string of the molecule is Cc1nc2c(c(=O)[nH]1)CN(Cc1cccn1CC(=O)O)CC2. The van der Waals surface area contributed by atoms with Crippen molar-refractivity contribution in [3.8, 4) is 0 Å². The molecule has 0 unspecified atom stereocenters. The van der Waals surface area contributed by atoms with Crippen LogP contribution >= 0.6 is 0 Å². The average molecular weight is 302 g/mol. The summed E-state index contributed by atoms with van der Waals surface area (Å²) in [5.74, 6) is -0.218. The Balaban J connectivity index is 1.77. The van der Waals surface area contributed by atoms with Crippen LogP contribution < -0.4 is 5.56 Å². The molecule has 0 atom stereocenters. The molecule has 0 saturated heterocycles. The Kier molecular flexibility index (Phi) is 3.81. The Bertz CT molecular complexity index is 762. The summed E-state index contributed by atoms with van der Waals surface area (Å²) in [7, 11) is 0. The van der Waals surface area contributed by atoms with Crippen LogP contribution in [0.25, 0.3) is 0 Å². The number of nitrogens with zero attached hydrogens (tertiary/aromatic N) is 3. The molecule has 2 aromatic rings. The number of carboxylic acids is 1. The van der Waals surface area contributed by atoms with Crippen molar-refractivity contribution in [2.75, 3.05) is 6.54 Å². The molecule has 0 aromatic carbocycles. The monoisotopic (exact) mass is 302 g/mol. The first-order valence-corrected chi connectivity index (χ1v) is 7.20. The van der Waals surface area contributed by atoms with Gasteiger partial charge in [-0.1, -0.05) is 0 Å². The first-order valence-electron chi connectivity index (χ1n) is 7.20. The van der Waals surface area contributed by atoms with E-state index in [2.05, 4.69) is 14.9 Å². The highest BCUT2D eigenvalue weighted by Gasteiger charge is 2.21. The first-order chi connectivity index (χ1) is 10.5. The lowest BCUT2D eigenvalue weighted by Crippen LogP contribution is -2.36. The van der Waals surface area contributed by atoms with Crippen molar-refractivity contribution >= 4 is 5.97 Å². The van der Waals surface area contributed by atoms with Crippen LogP contribution in [0.5, 0.6) is 0 Å². The third-order valence-electron chi connectivity index (χ3n) is 3.88. The summed E-state index contributed by atoms with van der Waals surface area (Å²) < 4.78 is 1.72. The maximum Gasteiger partial charge on any atom is 0.323 e. The van der Waals surface area contributed by atoms with Crippen LogP contribution in [0.3, 0.4) is 0 Å². The summed E-state index contributed by atoms with van der Waals surface area (Å²) in [4.78, 5) is 32.2. The van der Waals surface area contributed by atoms with Crippen LogP contribution in [0.1, 0.15) is 22.8 Å². The molecule has 1 aliphatic rings. The zero-order valence-corrected chi connectivity index (χ0v) is 12.4. The Morgan fingerprint density at radius 1 is 1.50 bits per heavy atom. The topological polar surface area (TPSA) is 91.2 Å². The Morgan fingerprint density at radius 3 is 3.09 bits per heavy atom. The van der Waals surface area contributed by atoms with Gasteiger partial charge in [-0.2, -0.15) is 0 Å². The highest BCUT2D eigenvalue weighted by Crippen LogP contribution is 2.16. The number of H-pyrrole nitrogens is 1. The predicted octanol–water partition coefficient (Wildman–Crippen LogP) is 0.523. The van der Waals surface area contributed by atoms with Gasteiger partial charge in [-0.3, -0.25) is 14.5 Å². The summed E-state index contributed by atoms with van der Waals surface area (Å²) in [6.45, 7) is 3.70. The number of hydrogen-bond donors (Lipinski definition) is 2. The van der Waals surface area contributed by atoms with Gasteiger partial charge in [0.05, 0.1) is 11.3 Å². The second-order valence-electron chi connectivity index (χ2n) is 5.56. The average Bonchev–Trinajstić information content (AvgIpc) is 2.86. The lowest BCUT2D eigenvalue weighted by molar-refractivity contribution is -0.137. The molecular weight excluding hydrogens is 284 g/mol. The van der Waals surface area contributed by atoms with Crippen LogP contribution in [0.4, 0.5) is 0 Å². The molecule has 2 aromatic heterocycles. The van der Waals surface area contributed by atoms with Crippen molar-refractivity contribution < 1.29 is 9.90 Å². The molecule has 7 nitrogen and oxygen atoms in total. The van der Waals surface area contributed by atoms with E-state index in [9.17, 15) is 9.59 Å². The summed E-state index contributed by atoms with van der Waals surface area (Å²) in [5.41, 5.74) is 2.45. The van der Waals surface area contributed by atoms with Crippen LogP contribution in [0.15, 0.2) is 23.1 Å². The van der Waals surface area contributed by atoms with Gasteiger partial charge in [0.25, 0.3) is 5.56 Å². The minimum atomic E-state index is -0.863. The van der Waals surface area contributed by atoms with E-state index in [-0.39, 0.29) is 12.1 Å². The quantitative estimate of drug-likeness (QED) is 0.859. The van der Waals surface area contributed by atoms with E-state index in [1.54, 1.807) is 17.7 Å². The van der Waals surface area contributed by atoms with E-state index in [1.807, 2.05) is 12.1 Å². The van der Waals surface area contributed by atoms with Gasteiger partial charge in [-0.05, 0) is 19.1 Å². The normalized spacial score (nSPS) is 14.8. The van der Waals surface area contributed by atoms with Gasteiger partial charge < -0.3 is 14.7 Å². The summed E-state index contributed by atoms with van der Waals surface area (Å²) in [6.07, 6.45) is 2.50. The second kappa shape index (κ2) is 5.76. The number of rotatable bonds is 4. The zero-order chi connectivity index (χ0) is 15.7. The molecule has 1 aliphatic heterocycles. The van der Waals surface area contributed by atoms with E-state index in [1.165, 1.54) is 0 Å². The summed E-state index contributed by atoms with van der Waals surface area (Å²) in [5, 5.41) is 8.92. The molecule has 0 amide bonds. The maximum atomic E-state index is 12.0. The number of aryl methyl sites for hydroxylation is 1. The van der Waals surface area contributed by atoms with E-state index >= 15 is 0 Å². The van der Waals surface area contributed by atoms with Gasteiger partial charge in [0.15, 0.2) is 0 Å². The molecule has 0 bridgehead atoms. The van der Waals surface area contributed by atoms with Gasteiger partial charge in [-0.15, -0.1) is 0 Å². The Hall–Kier alpha value is -2.41. The molecule has 3 heterocycles. The second-order valence-corrected chi connectivity index (χ2v) is 5.56. The van der Waals surface area contributed by atoms with Crippen LogP contribution in [-0.4, -0.2) is 37.1 Å². The van der Waals surface area contributed by atoms with Gasteiger partial charge in [0, 0.05) is 37.9 Å². The maximum absolute atomic E-state index is 12.0. The molecular formula is C15H18N4O3. The predicted molar refractivity (Wildman–Crippen MR) is 79.5 cm³/mol. The highest BCUT2D eigenvalue weighted by atomic mass is 16.4. The van der Waals surface area contributed by atoms with Gasteiger partial charge in [0.1, 0.15) is 12.4 Å². The first kappa shape index (κ1) is 14.5. The van der Waals surface area contributed by atoms with Gasteiger partial charge >= 0.3 is 5.97 Å². The third-order valence-corrected chi connectivity index (χ3v) is 3.88. The van der Waals surface area contributed by atoms with Crippen LogP contribution in [0, 0.1) is 6.92 Å². The number of carboxylic acid groups (broad SMARTS) is 1. The third kappa shape index (κ3) is 2.94. The van der Waals surface area contributed by atoms with E-state index in [4.69, 9.17) is 5.11 Å². The van der Waals surface area contributed by atoms with Crippen molar-refractivity contribution in [3.05, 3.63) is 51.5 Å². The fourth-order valence-electron chi connectivity index (χ4n) is 2.86. The fourth-order valence-corrected chi connectivity index (χ4v) is 2.86. The minimum Gasteiger partial charge on any atom is -0.480 e. The largest absolute Gasteiger partial charge is 0.480 e. The van der Waals surface area contributed by atoms with E-state index < -0.39 is 5.97 Å². The molecule has 0 aliphatic carbocycles. The lowest BCUT2D eigenvalue weighted by Gasteiger charge is -2.27. The fraction of sp³-hybridized carbons (Fsp3) is 0.400. The number of aromatic nitrogens is 3. The van der Waals surface area contributed by atoms with Crippen LogP contribution in [0.2, 0.25) is 0 Å². The minimum absolute atomic E-state index is 0.0475. The summed E-state index contributed by atoms with van der Waals surface area (Å²) >= 11 is 0. The molecule has 22 heavy (non-hydrogen) atoms. The van der Waals surface area contributed by atoms with Gasteiger partial charge in [-0.25, -0.2) is 4.98 Å².